The minimum atomic E-state index is -0.619. The van der Waals surface area contributed by atoms with Crippen molar-refractivity contribution in [3.8, 4) is 0 Å². The minimum absolute atomic E-state index is 0.618. The number of aliphatic hydroxyl groups is 1. The number of rotatable bonds is 1. The molecule has 0 aromatic heterocycles. The topological polar surface area (TPSA) is 20.2 Å². The summed E-state index contributed by atoms with van der Waals surface area (Å²) in [6, 6.07) is 6.02. The van der Waals surface area contributed by atoms with Gasteiger partial charge in [0.05, 0.1) is 5.60 Å². The predicted octanol–water partition coefficient (Wildman–Crippen LogP) is 4.22. The third-order valence-corrected chi connectivity index (χ3v) is 4.05. The van der Waals surface area contributed by atoms with Gasteiger partial charge in [-0.15, -0.1) is 0 Å². The van der Waals surface area contributed by atoms with Crippen LogP contribution in [-0.2, 0) is 5.60 Å². The fourth-order valence-electron chi connectivity index (χ4n) is 2.35. The summed E-state index contributed by atoms with van der Waals surface area (Å²) >= 11 is 6.92. The Morgan fingerprint density at radius 1 is 1.27 bits per heavy atom. The molecule has 82 valence electrons. The Hall–Kier alpha value is 0.140. The van der Waals surface area contributed by atoms with Gasteiger partial charge in [0.1, 0.15) is 0 Å². The molecule has 0 unspecified atom stereocenters. The first kappa shape index (κ1) is 11.6. The van der Waals surface area contributed by atoms with E-state index in [1.807, 2.05) is 18.2 Å². The summed E-state index contributed by atoms with van der Waals surface area (Å²) in [6.45, 7) is 2.20. The van der Waals surface area contributed by atoms with E-state index in [-0.39, 0.29) is 0 Å². The molecule has 1 aromatic carbocycles. The van der Waals surface area contributed by atoms with Crippen LogP contribution in [0.3, 0.4) is 0 Å². The molecule has 3 heteroatoms. The molecule has 2 atom stereocenters. The molecule has 0 bridgehead atoms. The molecule has 0 aliphatic heterocycles. The van der Waals surface area contributed by atoms with Crippen LogP contribution in [0.4, 0.5) is 0 Å². The van der Waals surface area contributed by atoms with Gasteiger partial charge in [-0.2, -0.15) is 0 Å². The van der Waals surface area contributed by atoms with Crippen LogP contribution in [0.25, 0.3) is 0 Å². The van der Waals surface area contributed by atoms with Gasteiger partial charge in [-0.25, -0.2) is 0 Å². The molecule has 0 amide bonds. The van der Waals surface area contributed by atoms with Crippen molar-refractivity contribution in [2.24, 2.45) is 5.92 Å². The second kappa shape index (κ2) is 4.19. The van der Waals surface area contributed by atoms with E-state index < -0.39 is 5.60 Å². The monoisotopic (exact) mass is 332 g/mol. The Balaban J connectivity index is 2.36. The molecule has 0 radical (unpaired) electrons. The van der Waals surface area contributed by atoms with E-state index in [0.29, 0.717) is 5.92 Å². The van der Waals surface area contributed by atoms with Gasteiger partial charge in [0.25, 0.3) is 0 Å². The molecule has 1 nitrogen and oxygen atoms in total. The van der Waals surface area contributed by atoms with Crippen molar-refractivity contribution in [3.05, 3.63) is 32.7 Å². The molecule has 1 saturated carbocycles. The maximum absolute atomic E-state index is 10.5. The zero-order valence-corrected chi connectivity index (χ0v) is 11.8. The van der Waals surface area contributed by atoms with Gasteiger partial charge >= 0.3 is 0 Å². The molecule has 0 spiro atoms. The Kier molecular flexibility index (Phi) is 3.25. The summed E-state index contributed by atoms with van der Waals surface area (Å²) in [5.41, 5.74) is 0.402. The molecule has 1 aromatic rings. The van der Waals surface area contributed by atoms with Crippen LogP contribution in [0.15, 0.2) is 27.1 Å². The molecule has 0 heterocycles. The normalized spacial score (nSPS) is 30.8. The van der Waals surface area contributed by atoms with Gasteiger partial charge in [-0.1, -0.05) is 38.8 Å². The Bertz CT molecular complexity index is 358. The average Bonchev–Trinajstić information content (AvgIpc) is 2.46. The lowest BCUT2D eigenvalue weighted by Crippen LogP contribution is -2.21. The van der Waals surface area contributed by atoms with Crippen LogP contribution in [0.1, 0.15) is 31.7 Å². The first-order valence-electron chi connectivity index (χ1n) is 5.18. The summed E-state index contributed by atoms with van der Waals surface area (Å²) in [5, 5.41) is 10.5. The van der Waals surface area contributed by atoms with Crippen molar-refractivity contribution < 1.29 is 5.11 Å². The van der Waals surface area contributed by atoms with Crippen LogP contribution in [0, 0.1) is 5.92 Å². The van der Waals surface area contributed by atoms with Crippen molar-refractivity contribution in [2.45, 2.75) is 31.8 Å². The van der Waals surface area contributed by atoms with Crippen molar-refractivity contribution in [2.75, 3.05) is 0 Å². The van der Waals surface area contributed by atoms with Crippen molar-refractivity contribution in [3.63, 3.8) is 0 Å². The Labute approximate surface area is 107 Å². The fourth-order valence-corrected chi connectivity index (χ4v) is 3.64. The average molecular weight is 334 g/mol. The first-order valence-corrected chi connectivity index (χ1v) is 6.77. The quantitative estimate of drug-likeness (QED) is 0.815. The highest BCUT2D eigenvalue weighted by Gasteiger charge is 2.37. The number of hydrogen-bond acceptors (Lipinski definition) is 1. The molecular weight excluding hydrogens is 320 g/mol. The van der Waals surface area contributed by atoms with Gasteiger partial charge in [0.2, 0.25) is 0 Å². The maximum atomic E-state index is 10.5. The van der Waals surface area contributed by atoms with Crippen LogP contribution >= 0.6 is 31.9 Å². The van der Waals surface area contributed by atoms with E-state index in [1.54, 1.807) is 0 Å². The largest absolute Gasteiger partial charge is 0.385 e. The van der Waals surface area contributed by atoms with E-state index in [9.17, 15) is 5.11 Å². The second-order valence-corrected chi connectivity index (χ2v) is 6.37. The lowest BCUT2D eigenvalue weighted by atomic mass is 9.91. The van der Waals surface area contributed by atoms with E-state index in [2.05, 4.69) is 38.8 Å². The highest BCUT2D eigenvalue weighted by Crippen LogP contribution is 2.43. The maximum Gasteiger partial charge on any atom is 0.0900 e. The van der Waals surface area contributed by atoms with Crippen LogP contribution in [0.2, 0.25) is 0 Å². The number of halogens is 2. The van der Waals surface area contributed by atoms with E-state index in [1.165, 1.54) is 0 Å². The highest BCUT2D eigenvalue weighted by molar-refractivity contribution is 9.11. The Morgan fingerprint density at radius 2 is 1.87 bits per heavy atom. The summed E-state index contributed by atoms with van der Waals surface area (Å²) in [6.07, 6.45) is 2.85. The summed E-state index contributed by atoms with van der Waals surface area (Å²) in [4.78, 5) is 0. The van der Waals surface area contributed by atoms with Crippen molar-refractivity contribution >= 4 is 31.9 Å². The van der Waals surface area contributed by atoms with Crippen LogP contribution in [-0.4, -0.2) is 5.11 Å². The third kappa shape index (κ3) is 2.45. The molecule has 1 aliphatic carbocycles. The molecular formula is C12H14Br2O. The molecule has 15 heavy (non-hydrogen) atoms. The predicted molar refractivity (Wildman–Crippen MR) is 68.8 cm³/mol. The van der Waals surface area contributed by atoms with Crippen molar-refractivity contribution in [1.29, 1.82) is 0 Å². The molecule has 1 fully saturated rings. The SMILES string of the molecule is C[C@H]1CC[C@@](O)(c2cc(Br)cc(Br)c2)C1. The van der Waals surface area contributed by atoms with Crippen LogP contribution < -0.4 is 0 Å². The fraction of sp³-hybridized carbons (Fsp3) is 0.500. The molecule has 2 rings (SSSR count). The summed E-state index contributed by atoms with van der Waals surface area (Å²) in [7, 11) is 0. The zero-order valence-electron chi connectivity index (χ0n) is 8.63. The number of benzene rings is 1. The minimum Gasteiger partial charge on any atom is -0.385 e. The highest BCUT2D eigenvalue weighted by atomic mass is 79.9. The van der Waals surface area contributed by atoms with E-state index in [0.717, 1.165) is 33.8 Å². The van der Waals surface area contributed by atoms with Crippen LogP contribution in [0.5, 0.6) is 0 Å². The first-order chi connectivity index (χ1) is 6.99. The van der Waals surface area contributed by atoms with Crippen molar-refractivity contribution in [1.82, 2.24) is 0 Å². The van der Waals surface area contributed by atoms with Gasteiger partial charge in [-0.05, 0) is 48.9 Å². The van der Waals surface area contributed by atoms with Gasteiger partial charge in [0.15, 0.2) is 0 Å². The van der Waals surface area contributed by atoms with Gasteiger partial charge in [0, 0.05) is 8.95 Å². The molecule has 0 saturated heterocycles. The third-order valence-electron chi connectivity index (χ3n) is 3.14. The summed E-state index contributed by atoms with van der Waals surface area (Å²) in [5.74, 6) is 0.618. The molecule has 1 aliphatic rings. The molecule has 1 N–H and O–H groups in total. The number of hydrogen-bond donors (Lipinski definition) is 1. The standard InChI is InChI=1S/C12H14Br2O/c1-8-2-3-12(15,7-8)9-4-10(13)6-11(14)5-9/h4-6,8,15H,2-3,7H2,1H3/t8-,12-/m0/s1. The lowest BCUT2D eigenvalue weighted by molar-refractivity contribution is 0.0407. The summed E-state index contributed by atoms with van der Waals surface area (Å²) < 4.78 is 2.03. The lowest BCUT2D eigenvalue weighted by Gasteiger charge is -2.23. The smallest absolute Gasteiger partial charge is 0.0900 e. The van der Waals surface area contributed by atoms with E-state index >= 15 is 0 Å². The van der Waals surface area contributed by atoms with E-state index in [4.69, 9.17) is 0 Å². The van der Waals surface area contributed by atoms with Gasteiger partial charge < -0.3 is 5.11 Å². The zero-order chi connectivity index (χ0) is 11.1. The van der Waals surface area contributed by atoms with Gasteiger partial charge in [-0.3, -0.25) is 0 Å². The second-order valence-electron chi connectivity index (χ2n) is 4.54. The Morgan fingerprint density at radius 3 is 2.33 bits per heavy atom.